The molecule has 1 unspecified atom stereocenters. The van der Waals surface area contributed by atoms with Crippen LogP contribution in [0.25, 0.3) is 0 Å². The Morgan fingerprint density at radius 2 is 2.06 bits per heavy atom. The molecule has 0 saturated carbocycles. The normalized spacial score (nSPS) is 14.5. The van der Waals surface area contributed by atoms with Crippen molar-refractivity contribution >= 4 is 11.6 Å². The highest BCUT2D eigenvalue weighted by Gasteiger charge is 2.32. The third kappa shape index (κ3) is 2.41. The van der Waals surface area contributed by atoms with E-state index >= 15 is 0 Å². The third-order valence-electron chi connectivity index (χ3n) is 3.19. The summed E-state index contributed by atoms with van der Waals surface area (Å²) < 4.78 is 1.80. The SMILES string of the molecule is CCC(C)(C)C(O)c1c(Cl)cnn1C(C)C. The molecule has 0 aliphatic rings. The van der Waals surface area contributed by atoms with Gasteiger partial charge in [-0.2, -0.15) is 5.10 Å². The van der Waals surface area contributed by atoms with Crippen LogP contribution in [0, 0.1) is 5.41 Å². The minimum atomic E-state index is -0.588. The van der Waals surface area contributed by atoms with E-state index in [4.69, 9.17) is 11.6 Å². The molecule has 1 heterocycles. The molecule has 0 aliphatic heterocycles. The zero-order chi connectivity index (χ0) is 12.5. The predicted octanol–water partition coefficient (Wildman–Crippen LogP) is 3.59. The van der Waals surface area contributed by atoms with Crippen molar-refractivity contribution in [2.45, 2.75) is 53.2 Å². The Hall–Kier alpha value is -0.540. The van der Waals surface area contributed by atoms with E-state index in [-0.39, 0.29) is 11.5 Å². The lowest BCUT2D eigenvalue weighted by Gasteiger charge is -2.30. The number of aromatic nitrogens is 2. The van der Waals surface area contributed by atoms with Gasteiger partial charge in [0.05, 0.1) is 16.9 Å². The fraction of sp³-hybridized carbons (Fsp3) is 0.750. The van der Waals surface area contributed by atoms with Crippen molar-refractivity contribution in [3.8, 4) is 0 Å². The average Bonchev–Trinajstić information content (AvgIpc) is 2.59. The van der Waals surface area contributed by atoms with Gasteiger partial charge in [-0.3, -0.25) is 4.68 Å². The van der Waals surface area contributed by atoms with Crippen molar-refractivity contribution in [1.82, 2.24) is 9.78 Å². The van der Waals surface area contributed by atoms with E-state index in [9.17, 15) is 5.11 Å². The molecule has 1 rings (SSSR count). The molecular formula is C12H21ClN2O. The van der Waals surface area contributed by atoms with Gasteiger partial charge in [-0.1, -0.05) is 32.4 Å². The molecule has 1 aromatic rings. The third-order valence-corrected chi connectivity index (χ3v) is 3.48. The lowest BCUT2D eigenvalue weighted by atomic mass is 9.82. The first kappa shape index (κ1) is 13.5. The standard InChI is InChI=1S/C12H21ClN2O/c1-6-12(4,5)11(16)10-9(13)7-14-15(10)8(2)3/h7-8,11,16H,6H2,1-5H3. The summed E-state index contributed by atoms with van der Waals surface area (Å²) in [5.41, 5.74) is 0.527. The summed E-state index contributed by atoms with van der Waals surface area (Å²) in [6.45, 7) is 10.2. The lowest BCUT2D eigenvalue weighted by Crippen LogP contribution is -2.24. The smallest absolute Gasteiger partial charge is 0.102 e. The van der Waals surface area contributed by atoms with Gasteiger partial charge in [-0.25, -0.2) is 0 Å². The van der Waals surface area contributed by atoms with E-state index in [1.165, 1.54) is 0 Å². The highest BCUT2D eigenvalue weighted by atomic mass is 35.5. The van der Waals surface area contributed by atoms with Gasteiger partial charge in [-0.05, 0) is 25.7 Å². The van der Waals surface area contributed by atoms with Crippen LogP contribution in [0.3, 0.4) is 0 Å². The van der Waals surface area contributed by atoms with E-state index in [0.717, 1.165) is 12.1 Å². The van der Waals surface area contributed by atoms with E-state index in [1.54, 1.807) is 10.9 Å². The maximum atomic E-state index is 10.4. The number of halogens is 1. The summed E-state index contributed by atoms with van der Waals surface area (Å²) in [4.78, 5) is 0. The molecule has 3 nitrogen and oxygen atoms in total. The number of hydrogen-bond acceptors (Lipinski definition) is 2. The molecule has 0 saturated heterocycles. The Labute approximate surface area is 102 Å². The van der Waals surface area contributed by atoms with E-state index in [0.29, 0.717) is 5.02 Å². The maximum Gasteiger partial charge on any atom is 0.102 e. The van der Waals surface area contributed by atoms with Gasteiger partial charge in [0, 0.05) is 6.04 Å². The topological polar surface area (TPSA) is 38.1 Å². The Kier molecular flexibility index (Phi) is 4.02. The monoisotopic (exact) mass is 244 g/mol. The van der Waals surface area contributed by atoms with Crippen molar-refractivity contribution in [2.24, 2.45) is 5.41 Å². The summed E-state index contributed by atoms with van der Waals surface area (Å²) >= 11 is 6.10. The van der Waals surface area contributed by atoms with E-state index in [2.05, 4.69) is 12.0 Å². The molecule has 0 aliphatic carbocycles. The molecule has 92 valence electrons. The molecular weight excluding hydrogens is 224 g/mol. The van der Waals surface area contributed by atoms with Gasteiger partial charge < -0.3 is 5.11 Å². The van der Waals surface area contributed by atoms with Crippen molar-refractivity contribution in [3.05, 3.63) is 16.9 Å². The van der Waals surface area contributed by atoms with E-state index in [1.807, 2.05) is 27.7 Å². The Morgan fingerprint density at radius 1 is 1.50 bits per heavy atom. The number of hydrogen-bond donors (Lipinski definition) is 1. The zero-order valence-electron chi connectivity index (χ0n) is 10.7. The van der Waals surface area contributed by atoms with Gasteiger partial charge >= 0.3 is 0 Å². The van der Waals surface area contributed by atoms with Gasteiger partial charge in [0.25, 0.3) is 0 Å². The molecule has 1 N–H and O–H groups in total. The summed E-state index contributed by atoms with van der Waals surface area (Å²) in [5, 5.41) is 15.2. The second-order valence-corrected chi connectivity index (χ2v) is 5.57. The number of aliphatic hydroxyl groups excluding tert-OH is 1. The molecule has 16 heavy (non-hydrogen) atoms. The Morgan fingerprint density at radius 3 is 2.50 bits per heavy atom. The number of nitrogens with zero attached hydrogens (tertiary/aromatic N) is 2. The zero-order valence-corrected chi connectivity index (χ0v) is 11.4. The van der Waals surface area contributed by atoms with Crippen molar-refractivity contribution in [2.75, 3.05) is 0 Å². The van der Waals surface area contributed by atoms with Gasteiger partial charge in [0.1, 0.15) is 6.10 Å². The largest absolute Gasteiger partial charge is 0.386 e. The highest BCUT2D eigenvalue weighted by molar-refractivity contribution is 6.31. The second-order valence-electron chi connectivity index (χ2n) is 5.16. The predicted molar refractivity (Wildman–Crippen MR) is 66.7 cm³/mol. The van der Waals surface area contributed by atoms with Crippen LogP contribution in [0.4, 0.5) is 0 Å². The van der Waals surface area contributed by atoms with Crippen molar-refractivity contribution in [1.29, 1.82) is 0 Å². The van der Waals surface area contributed by atoms with Crippen LogP contribution in [0.2, 0.25) is 5.02 Å². The number of rotatable bonds is 4. The van der Waals surface area contributed by atoms with Crippen LogP contribution < -0.4 is 0 Å². The van der Waals surface area contributed by atoms with Crippen LogP contribution in [0.15, 0.2) is 6.20 Å². The lowest BCUT2D eigenvalue weighted by molar-refractivity contribution is 0.0382. The van der Waals surface area contributed by atoms with Crippen LogP contribution in [-0.4, -0.2) is 14.9 Å². The summed E-state index contributed by atoms with van der Waals surface area (Å²) in [5.74, 6) is 0. The molecule has 0 aromatic carbocycles. The Balaban J connectivity index is 3.17. The van der Waals surface area contributed by atoms with Crippen molar-refractivity contribution < 1.29 is 5.11 Å². The first-order valence-electron chi connectivity index (χ1n) is 5.72. The molecule has 1 aromatic heterocycles. The fourth-order valence-electron chi connectivity index (χ4n) is 1.58. The van der Waals surface area contributed by atoms with Crippen LogP contribution in [-0.2, 0) is 0 Å². The summed E-state index contributed by atoms with van der Waals surface area (Å²) in [6, 6.07) is 0.199. The van der Waals surface area contributed by atoms with Crippen LogP contribution in [0.1, 0.15) is 58.9 Å². The minimum Gasteiger partial charge on any atom is -0.386 e. The summed E-state index contributed by atoms with van der Waals surface area (Å²) in [6.07, 6.45) is 1.90. The molecule has 1 atom stereocenters. The maximum absolute atomic E-state index is 10.4. The highest BCUT2D eigenvalue weighted by Crippen LogP contribution is 2.39. The van der Waals surface area contributed by atoms with E-state index < -0.39 is 6.10 Å². The van der Waals surface area contributed by atoms with Crippen LogP contribution in [0.5, 0.6) is 0 Å². The minimum absolute atomic E-state index is 0.198. The van der Waals surface area contributed by atoms with Crippen LogP contribution >= 0.6 is 11.6 Å². The summed E-state index contributed by atoms with van der Waals surface area (Å²) in [7, 11) is 0. The second kappa shape index (κ2) is 4.76. The number of aliphatic hydroxyl groups is 1. The van der Waals surface area contributed by atoms with Gasteiger partial charge in [0.15, 0.2) is 0 Å². The molecule has 4 heteroatoms. The molecule has 0 fully saturated rings. The quantitative estimate of drug-likeness (QED) is 0.879. The average molecular weight is 245 g/mol. The van der Waals surface area contributed by atoms with Gasteiger partial charge in [-0.15, -0.1) is 0 Å². The van der Waals surface area contributed by atoms with Crippen molar-refractivity contribution in [3.63, 3.8) is 0 Å². The van der Waals surface area contributed by atoms with Gasteiger partial charge in [0.2, 0.25) is 0 Å². The Bertz CT molecular complexity index is 358. The first-order valence-corrected chi connectivity index (χ1v) is 6.10. The molecule has 0 amide bonds. The molecule has 0 radical (unpaired) electrons. The fourth-order valence-corrected chi connectivity index (χ4v) is 1.82. The molecule has 0 bridgehead atoms. The first-order chi connectivity index (χ1) is 7.31. The molecule has 0 spiro atoms.